The van der Waals surface area contributed by atoms with Crippen molar-refractivity contribution < 1.29 is 4.79 Å². The normalized spacial score (nSPS) is 18.1. The van der Waals surface area contributed by atoms with Crippen LogP contribution >= 0.6 is 0 Å². The van der Waals surface area contributed by atoms with E-state index in [2.05, 4.69) is 11.1 Å². The lowest BCUT2D eigenvalue weighted by Crippen LogP contribution is -2.05. The van der Waals surface area contributed by atoms with Crippen LogP contribution in [-0.2, 0) is 4.79 Å². The van der Waals surface area contributed by atoms with Crippen LogP contribution in [0.2, 0.25) is 0 Å². The fourth-order valence-electron chi connectivity index (χ4n) is 1.73. The van der Waals surface area contributed by atoms with Crippen molar-refractivity contribution in [3.05, 3.63) is 41.5 Å². The summed E-state index contributed by atoms with van der Waals surface area (Å²) < 4.78 is 0. The molecule has 0 aliphatic heterocycles. The van der Waals surface area contributed by atoms with Gasteiger partial charge < -0.3 is 0 Å². The Morgan fingerprint density at radius 2 is 2.07 bits per heavy atom. The molecule has 0 heterocycles. The van der Waals surface area contributed by atoms with E-state index in [1.54, 1.807) is 6.08 Å². The summed E-state index contributed by atoms with van der Waals surface area (Å²) in [5.74, 6) is 0. The van der Waals surface area contributed by atoms with Gasteiger partial charge >= 0.3 is 0 Å². The second kappa shape index (κ2) is 3.84. The van der Waals surface area contributed by atoms with E-state index in [0.29, 0.717) is 0 Å². The predicted octanol–water partition coefficient (Wildman–Crippen LogP) is 2.96. The van der Waals surface area contributed by atoms with E-state index in [9.17, 15) is 4.79 Å². The Morgan fingerprint density at radius 1 is 1.40 bits per heavy atom. The molecule has 0 atom stereocenters. The second-order valence-electron chi connectivity index (χ2n) is 3.97. The Hall–Kier alpha value is -1.66. The van der Waals surface area contributed by atoms with Gasteiger partial charge in [0.2, 0.25) is 6.08 Å². The average molecular weight is 199 g/mol. The molecule has 1 saturated carbocycles. The molecular formula is C13H13NO. The van der Waals surface area contributed by atoms with Crippen molar-refractivity contribution in [1.29, 1.82) is 0 Å². The number of carbonyl (C=O) groups excluding carboxylic acids is 1. The first kappa shape index (κ1) is 9.88. The van der Waals surface area contributed by atoms with Crippen molar-refractivity contribution in [3.63, 3.8) is 0 Å². The lowest BCUT2D eigenvalue weighted by Gasteiger charge is -2.07. The summed E-state index contributed by atoms with van der Waals surface area (Å²) >= 11 is 0. The molecule has 1 aliphatic carbocycles. The van der Waals surface area contributed by atoms with Crippen LogP contribution in [0.25, 0.3) is 6.08 Å². The second-order valence-corrected chi connectivity index (χ2v) is 3.97. The molecule has 1 aromatic rings. The molecule has 15 heavy (non-hydrogen) atoms. The number of nitrogens with zero attached hydrogens (tertiary/aromatic N) is 1. The van der Waals surface area contributed by atoms with Crippen LogP contribution < -0.4 is 0 Å². The van der Waals surface area contributed by atoms with Crippen LogP contribution in [-0.4, -0.2) is 11.6 Å². The first-order valence-electron chi connectivity index (χ1n) is 5.10. The van der Waals surface area contributed by atoms with Crippen LogP contribution in [0.5, 0.6) is 0 Å². The molecule has 2 heteroatoms. The van der Waals surface area contributed by atoms with Gasteiger partial charge in [-0.25, -0.2) is 4.79 Å². The van der Waals surface area contributed by atoms with Crippen LogP contribution in [0.4, 0.5) is 0 Å². The largest absolute Gasteiger partial charge is 0.235 e. The zero-order valence-electron chi connectivity index (χ0n) is 8.73. The lowest BCUT2D eigenvalue weighted by atomic mass is 10.0. The predicted molar refractivity (Wildman–Crippen MR) is 60.2 cm³/mol. The van der Waals surface area contributed by atoms with Crippen LogP contribution in [0.15, 0.2) is 40.9 Å². The van der Waals surface area contributed by atoms with Crippen molar-refractivity contribution in [2.45, 2.75) is 25.3 Å². The number of hydrogen-bond donors (Lipinski definition) is 0. The summed E-state index contributed by atoms with van der Waals surface area (Å²) in [7, 11) is 0. The molecule has 76 valence electrons. The molecule has 0 bridgehead atoms. The zero-order chi connectivity index (χ0) is 10.7. The lowest BCUT2D eigenvalue weighted by molar-refractivity contribution is 0.559. The van der Waals surface area contributed by atoms with Crippen molar-refractivity contribution in [2.24, 2.45) is 4.99 Å². The third-order valence-corrected chi connectivity index (χ3v) is 2.90. The van der Waals surface area contributed by atoms with E-state index in [4.69, 9.17) is 0 Å². The van der Waals surface area contributed by atoms with E-state index >= 15 is 0 Å². The molecule has 0 N–H and O–H groups in total. The maximum Gasteiger partial charge on any atom is 0.235 e. The maximum atomic E-state index is 10.3. The molecule has 0 radical (unpaired) electrons. The fraction of sp³-hybridized carbons (Fsp3) is 0.308. The molecule has 1 fully saturated rings. The Kier molecular flexibility index (Phi) is 2.53. The van der Waals surface area contributed by atoms with E-state index in [0.717, 1.165) is 24.0 Å². The molecule has 0 aromatic heterocycles. The number of benzene rings is 1. The van der Waals surface area contributed by atoms with Crippen molar-refractivity contribution in [2.75, 3.05) is 0 Å². The SMILES string of the molecule is C/C(=C\c1ccccc1)C1(N=C=O)CC1. The van der Waals surface area contributed by atoms with Gasteiger partial charge in [-0.1, -0.05) is 36.4 Å². The molecule has 0 unspecified atom stereocenters. The van der Waals surface area contributed by atoms with Gasteiger partial charge in [0.05, 0.1) is 5.54 Å². The Morgan fingerprint density at radius 3 is 2.60 bits per heavy atom. The van der Waals surface area contributed by atoms with Gasteiger partial charge in [0.25, 0.3) is 0 Å². The summed E-state index contributed by atoms with van der Waals surface area (Å²) in [5.41, 5.74) is 2.08. The summed E-state index contributed by atoms with van der Waals surface area (Å²) in [6.07, 6.45) is 5.70. The molecule has 0 amide bonds. The molecule has 0 spiro atoms. The van der Waals surface area contributed by atoms with E-state index in [1.807, 2.05) is 37.3 Å². The minimum Gasteiger partial charge on any atom is -0.211 e. The van der Waals surface area contributed by atoms with Gasteiger partial charge in [-0.15, -0.1) is 0 Å². The minimum atomic E-state index is -0.225. The molecule has 2 rings (SSSR count). The summed E-state index contributed by atoms with van der Waals surface area (Å²) in [6.45, 7) is 2.03. The number of rotatable bonds is 3. The van der Waals surface area contributed by atoms with Crippen LogP contribution in [0, 0.1) is 0 Å². The first-order chi connectivity index (χ1) is 7.27. The highest BCUT2D eigenvalue weighted by Gasteiger charge is 2.44. The van der Waals surface area contributed by atoms with E-state index in [-0.39, 0.29) is 5.54 Å². The number of isocyanates is 1. The number of hydrogen-bond acceptors (Lipinski definition) is 2. The molecule has 2 nitrogen and oxygen atoms in total. The van der Waals surface area contributed by atoms with Crippen molar-refractivity contribution in [1.82, 2.24) is 0 Å². The monoisotopic (exact) mass is 199 g/mol. The van der Waals surface area contributed by atoms with Crippen molar-refractivity contribution in [3.8, 4) is 0 Å². The molecule has 1 aliphatic rings. The summed E-state index contributed by atoms with van der Waals surface area (Å²) in [6, 6.07) is 10.1. The Labute approximate surface area is 89.3 Å². The van der Waals surface area contributed by atoms with Gasteiger partial charge in [-0.3, -0.25) is 0 Å². The highest BCUT2D eigenvalue weighted by Crippen LogP contribution is 2.46. The zero-order valence-corrected chi connectivity index (χ0v) is 8.73. The minimum absolute atomic E-state index is 0.225. The van der Waals surface area contributed by atoms with Gasteiger partial charge in [-0.05, 0) is 30.9 Å². The van der Waals surface area contributed by atoms with Gasteiger partial charge in [-0.2, -0.15) is 4.99 Å². The van der Waals surface area contributed by atoms with E-state index < -0.39 is 0 Å². The fourth-order valence-corrected chi connectivity index (χ4v) is 1.73. The van der Waals surface area contributed by atoms with Crippen molar-refractivity contribution >= 4 is 12.2 Å². The van der Waals surface area contributed by atoms with E-state index in [1.165, 1.54) is 0 Å². The molecule has 0 saturated heterocycles. The maximum absolute atomic E-state index is 10.3. The first-order valence-corrected chi connectivity index (χ1v) is 5.10. The van der Waals surface area contributed by atoms with Crippen LogP contribution in [0.3, 0.4) is 0 Å². The number of aliphatic imine (C=N–C) groups is 1. The highest BCUT2D eigenvalue weighted by atomic mass is 16.1. The van der Waals surface area contributed by atoms with Gasteiger partial charge in [0, 0.05) is 0 Å². The summed E-state index contributed by atoms with van der Waals surface area (Å²) in [4.78, 5) is 14.2. The highest BCUT2D eigenvalue weighted by molar-refractivity contribution is 5.57. The quantitative estimate of drug-likeness (QED) is 0.543. The van der Waals surface area contributed by atoms with Crippen LogP contribution in [0.1, 0.15) is 25.3 Å². The topological polar surface area (TPSA) is 29.4 Å². The summed E-state index contributed by atoms with van der Waals surface area (Å²) in [5, 5.41) is 0. The van der Waals surface area contributed by atoms with Gasteiger partial charge in [0.1, 0.15) is 0 Å². The molecular weight excluding hydrogens is 186 g/mol. The standard InChI is InChI=1S/C13H13NO/c1-11(13(7-8-13)14-10-15)9-12-5-3-2-4-6-12/h2-6,9H,7-8H2,1H3/b11-9+. The Bertz CT molecular complexity index is 423. The Balaban J connectivity index is 2.25. The third kappa shape index (κ3) is 2.05. The average Bonchev–Trinajstić information content (AvgIpc) is 3.01. The smallest absolute Gasteiger partial charge is 0.211 e. The third-order valence-electron chi connectivity index (χ3n) is 2.90. The molecule has 1 aromatic carbocycles. The van der Waals surface area contributed by atoms with Gasteiger partial charge in [0.15, 0.2) is 0 Å².